The van der Waals surface area contributed by atoms with Crippen molar-refractivity contribution in [1.82, 2.24) is 0 Å². The van der Waals surface area contributed by atoms with Gasteiger partial charge in [-0.15, -0.1) is 0 Å². The highest BCUT2D eigenvalue weighted by Gasteiger charge is 2.36. The van der Waals surface area contributed by atoms with E-state index in [-0.39, 0.29) is 5.97 Å². The van der Waals surface area contributed by atoms with Gasteiger partial charge in [-0.25, -0.2) is 4.79 Å². The Morgan fingerprint density at radius 2 is 0.574 bits per heavy atom. The minimum Gasteiger partial charge on any atom is -0.464 e. The number of esters is 1. The van der Waals surface area contributed by atoms with Crippen LogP contribution >= 0.6 is 0 Å². The fraction of sp³-hybridized carbons (Fsp3) is 0.977. The number of carbonyl (C=O) groups is 1. The number of hydrogen-bond donors (Lipinski definition) is 1. The molecule has 0 radical (unpaired) electrons. The van der Waals surface area contributed by atoms with Gasteiger partial charge in [0, 0.05) is 0 Å². The average molecular weight is 665 g/mol. The molecule has 1 N–H and O–H groups in total. The number of aliphatic hydroxyl groups is 1. The van der Waals surface area contributed by atoms with Gasteiger partial charge < -0.3 is 9.84 Å². The second-order valence-corrected chi connectivity index (χ2v) is 15.3. The third-order valence-electron chi connectivity index (χ3n) is 10.5. The van der Waals surface area contributed by atoms with Crippen molar-refractivity contribution < 1.29 is 14.6 Å². The molecule has 0 saturated carbocycles. The summed E-state index contributed by atoms with van der Waals surface area (Å²) in [6.07, 6.45) is 48.0. The van der Waals surface area contributed by atoms with Gasteiger partial charge in [0.25, 0.3) is 0 Å². The van der Waals surface area contributed by atoms with E-state index in [2.05, 4.69) is 20.8 Å². The molecular formula is C44H88O3. The van der Waals surface area contributed by atoms with Crippen LogP contribution in [0.1, 0.15) is 265 Å². The molecule has 0 amide bonds. The maximum absolute atomic E-state index is 13.1. The minimum absolute atomic E-state index is 0.346. The second-order valence-electron chi connectivity index (χ2n) is 15.3. The van der Waals surface area contributed by atoms with E-state index >= 15 is 0 Å². The van der Waals surface area contributed by atoms with E-state index in [9.17, 15) is 9.90 Å². The van der Waals surface area contributed by atoms with Crippen LogP contribution in [-0.2, 0) is 9.53 Å². The van der Waals surface area contributed by atoms with E-state index in [1.165, 1.54) is 193 Å². The highest BCUT2D eigenvalue weighted by Crippen LogP contribution is 2.26. The smallest absolute Gasteiger partial charge is 0.338 e. The third kappa shape index (κ3) is 33.7. The fourth-order valence-electron chi connectivity index (χ4n) is 7.09. The van der Waals surface area contributed by atoms with Crippen molar-refractivity contribution in [2.75, 3.05) is 6.61 Å². The summed E-state index contributed by atoms with van der Waals surface area (Å²) in [7, 11) is 0. The van der Waals surface area contributed by atoms with Gasteiger partial charge in [-0.3, -0.25) is 0 Å². The molecule has 1 unspecified atom stereocenters. The summed E-state index contributed by atoms with van der Waals surface area (Å²) in [6.45, 7) is 7.28. The van der Waals surface area contributed by atoms with E-state index < -0.39 is 5.60 Å². The maximum atomic E-state index is 13.1. The summed E-state index contributed by atoms with van der Waals surface area (Å²) in [4.78, 5) is 13.1. The Balaban J connectivity index is 4.11. The summed E-state index contributed by atoms with van der Waals surface area (Å²) >= 11 is 0. The molecule has 3 heteroatoms. The molecule has 0 aliphatic carbocycles. The number of unbranched alkanes of at least 4 members (excludes halogenated alkanes) is 33. The summed E-state index contributed by atoms with van der Waals surface area (Å²) in [5.74, 6) is -0.346. The number of hydrogen-bond acceptors (Lipinski definition) is 3. The predicted octanol–water partition coefficient (Wildman–Crippen LogP) is 15.1. The van der Waals surface area contributed by atoms with Crippen LogP contribution in [0.25, 0.3) is 0 Å². The van der Waals surface area contributed by atoms with Gasteiger partial charge in [-0.05, 0) is 32.1 Å². The molecule has 0 aliphatic rings. The van der Waals surface area contributed by atoms with Crippen molar-refractivity contribution in [2.45, 2.75) is 270 Å². The summed E-state index contributed by atoms with van der Waals surface area (Å²) in [6, 6.07) is 0. The van der Waals surface area contributed by atoms with Crippen LogP contribution < -0.4 is 0 Å². The summed E-state index contributed by atoms with van der Waals surface area (Å²) in [5.41, 5.74) is -1.28. The fourth-order valence-corrected chi connectivity index (χ4v) is 7.09. The van der Waals surface area contributed by atoms with Crippen LogP contribution in [-0.4, -0.2) is 23.3 Å². The largest absolute Gasteiger partial charge is 0.464 e. The van der Waals surface area contributed by atoms with Crippen LogP contribution in [0.5, 0.6) is 0 Å². The maximum Gasteiger partial charge on any atom is 0.338 e. The lowest BCUT2D eigenvalue weighted by molar-refractivity contribution is -0.167. The van der Waals surface area contributed by atoms with E-state index in [0.29, 0.717) is 19.4 Å². The van der Waals surface area contributed by atoms with E-state index in [0.717, 1.165) is 38.5 Å². The monoisotopic (exact) mass is 665 g/mol. The topological polar surface area (TPSA) is 46.5 Å². The zero-order valence-corrected chi connectivity index (χ0v) is 32.8. The zero-order chi connectivity index (χ0) is 34.4. The number of rotatable bonds is 40. The Labute approximate surface area is 297 Å². The van der Waals surface area contributed by atoms with Gasteiger partial charge in [-0.1, -0.05) is 233 Å². The van der Waals surface area contributed by atoms with E-state index in [1.807, 2.05) is 0 Å². The standard InChI is InChI=1S/C44H88O3/c1-4-7-10-13-16-18-20-22-24-25-27-29-31-33-35-38-41-44(46,43(45)47-42-39-36-15-12-9-6-3)40-37-34-32-30-28-26-23-21-19-17-14-11-8-5-2/h46H,4-42H2,1-3H3. The molecule has 0 aliphatic heterocycles. The van der Waals surface area contributed by atoms with Gasteiger partial charge in [0.1, 0.15) is 0 Å². The quantitative estimate of drug-likeness (QED) is 0.0524. The highest BCUT2D eigenvalue weighted by molar-refractivity contribution is 5.79. The SMILES string of the molecule is CCCCCCCCCCCCCCCCCCC(O)(CCCCCCCCCCCCCCCC)C(=O)OCCCCCCCC. The van der Waals surface area contributed by atoms with Crippen LogP contribution in [0.4, 0.5) is 0 Å². The van der Waals surface area contributed by atoms with Crippen molar-refractivity contribution in [3.63, 3.8) is 0 Å². The Bertz CT molecular complexity index is 605. The molecule has 0 fully saturated rings. The molecular weight excluding hydrogens is 576 g/mol. The highest BCUT2D eigenvalue weighted by atomic mass is 16.5. The molecule has 0 aromatic rings. The average Bonchev–Trinajstić information content (AvgIpc) is 3.07. The van der Waals surface area contributed by atoms with Gasteiger partial charge in [0.05, 0.1) is 6.61 Å². The first-order chi connectivity index (χ1) is 23.1. The molecule has 0 aromatic carbocycles. The van der Waals surface area contributed by atoms with Gasteiger partial charge >= 0.3 is 5.97 Å². The lowest BCUT2D eigenvalue weighted by Crippen LogP contribution is -2.40. The van der Waals surface area contributed by atoms with Gasteiger partial charge in [0.15, 0.2) is 5.60 Å². The van der Waals surface area contributed by atoms with Crippen LogP contribution in [0, 0.1) is 0 Å². The summed E-state index contributed by atoms with van der Waals surface area (Å²) in [5, 5.41) is 11.5. The van der Waals surface area contributed by atoms with E-state index in [1.54, 1.807) is 0 Å². The number of carbonyl (C=O) groups excluding carboxylic acids is 1. The molecule has 282 valence electrons. The molecule has 3 nitrogen and oxygen atoms in total. The predicted molar refractivity (Wildman–Crippen MR) is 208 cm³/mol. The normalized spacial score (nSPS) is 12.9. The first kappa shape index (κ1) is 46.4. The molecule has 0 saturated heterocycles. The minimum atomic E-state index is -1.28. The Morgan fingerprint density at radius 3 is 0.830 bits per heavy atom. The van der Waals surface area contributed by atoms with Crippen LogP contribution in [0.15, 0.2) is 0 Å². The lowest BCUT2D eigenvalue weighted by atomic mass is 9.89. The van der Waals surface area contributed by atoms with Gasteiger partial charge in [0.2, 0.25) is 0 Å². The Hall–Kier alpha value is -0.570. The van der Waals surface area contributed by atoms with E-state index in [4.69, 9.17) is 4.74 Å². The van der Waals surface area contributed by atoms with Crippen molar-refractivity contribution in [3.05, 3.63) is 0 Å². The van der Waals surface area contributed by atoms with Crippen molar-refractivity contribution in [2.24, 2.45) is 0 Å². The number of ether oxygens (including phenoxy) is 1. The molecule has 47 heavy (non-hydrogen) atoms. The Morgan fingerprint density at radius 1 is 0.362 bits per heavy atom. The van der Waals surface area contributed by atoms with Crippen molar-refractivity contribution in [3.8, 4) is 0 Å². The first-order valence-corrected chi connectivity index (χ1v) is 22.0. The second kappa shape index (κ2) is 38.2. The van der Waals surface area contributed by atoms with Crippen LogP contribution in [0.2, 0.25) is 0 Å². The van der Waals surface area contributed by atoms with Crippen LogP contribution in [0.3, 0.4) is 0 Å². The van der Waals surface area contributed by atoms with Crippen molar-refractivity contribution in [1.29, 1.82) is 0 Å². The third-order valence-corrected chi connectivity index (χ3v) is 10.5. The van der Waals surface area contributed by atoms with Gasteiger partial charge in [-0.2, -0.15) is 0 Å². The molecule has 0 aromatic heterocycles. The molecule has 0 heterocycles. The molecule has 0 bridgehead atoms. The molecule has 0 spiro atoms. The summed E-state index contributed by atoms with van der Waals surface area (Å²) < 4.78 is 5.67. The molecule has 0 rings (SSSR count). The zero-order valence-electron chi connectivity index (χ0n) is 32.8. The van der Waals surface area contributed by atoms with Crippen molar-refractivity contribution >= 4 is 5.97 Å². The first-order valence-electron chi connectivity index (χ1n) is 22.0. The molecule has 1 atom stereocenters. The lowest BCUT2D eigenvalue weighted by Gasteiger charge is -2.26. The Kier molecular flexibility index (Phi) is 37.8.